The number of hydrogen-bond acceptors (Lipinski definition) is 7. The van der Waals surface area contributed by atoms with Crippen LogP contribution >= 0.6 is 0 Å². The molecule has 0 aromatic heterocycles. The maximum absolute atomic E-state index is 11.7. The minimum atomic E-state index is -3.73. The number of rotatable bonds is 17. The Morgan fingerprint density at radius 3 is 2.52 bits per heavy atom. The van der Waals surface area contributed by atoms with Gasteiger partial charge in [-0.05, 0) is 36.6 Å². The van der Waals surface area contributed by atoms with Gasteiger partial charge in [0.1, 0.15) is 25.3 Å². The van der Waals surface area contributed by atoms with Crippen molar-refractivity contribution in [2.75, 3.05) is 26.4 Å². The van der Waals surface area contributed by atoms with E-state index in [9.17, 15) is 13.2 Å². The zero-order chi connectivity index (χ0) is 21.5. The molecule has 0 bridgehead atoms. The summed E-state index contributed by atoms with van der Waals surface area (Å²) < 4.78 is 42.8. The van der Waals surface area contributed by atoms with Crippen molar-refractivity contribution < 1.29 is 31.6 Å². The number of carbonyl (C=O) groups is 1. The maximum Gasteiger partial charge on any atom is 0.291 e. The predicted octanol–water partition coefficient (Wildman–Crippen LogP) is 3.63. The molecule has 0 heterocycles. The summed E-state index contributed by atoms with van der Waals surface area (Å²) in [5, 5.41) is 0. The first-order valence-electron chi connectivity index (χ1n) is 9.74. The lowest BCUT2D eigenvalue weighted by molar-refractivity contribution is -0.124. The van der Waals surface area contributed by atoms with E-state index in [1.807, 2.05) is 24.3 Å². The molecule has 164 valence electrons. The highest BCUT2D eigenvalue weighted by molar-refractivity contribution is 7.86. The van der Waals surface area contributed by atoms with Crippen LogP contribution in [-0.2, 0) is 35.0 Å². The molecule has 0 saturated carbocycles. The fourth-order valence-corrected chi connectivity index (χ4v) is 2.87. The Morgan fingerprint density at radius 1 is 1.17 bits per heavy atom. The second kappa shape index (κ2) is 14.3. The van der Waals surface area contributed by atoms with Gasteiger partial charge in [-0.25, -0.2) is 0 Å². The molecule has 0 amide bonds. The molecule has 29 heavy (non-hydrogen) atoms. The van der Waals surface area contributed by atoms with Crippen molar-refractivity contribution in [2.24, 2.45) is 0 Å². The second-order valence-electron chi connectivity index (χ2n) is 6.59. The number of carbonyl (C=O) groups excluding carboxylic acids is 1. The number of aryl methyl sites for hydroxylation is 1. The monoisotopic (exact) mass is 428 g/mol. The molecule has 1 aromatic rings. The minimum absolute atomic E-state index is 0.0550. The van der Waals surface area contributed by atoms with E-state index >= 15 is 0 Å². The molecule has 0 aliphatic heterocycles. The number of allylic oxidation sites excluding steroid dienone is 1. The van der Waals surface area contributed by atoms with E-state index < -0.39 is 22.2 Å². The van der Waals surface area contributed by atoms with Crippen LogP contribution in [0.1, 0.15) is 44.6 Å². The van der Waals surface area contributed by atoms with Crippen LogP contribution in [0.25, 0.3) is 0 Å². The predicted molar refractivity (Wildman–Crippen MR) is 111 cm³/mol. The van der Waals surface area contributed by atoms with Gasteiger partial charge >= 0.3 is 0 Å². The molecular formula is C21H32O7S. The lowest BCUT2D eigenvalue weighted by Gasteiger charge is -2.17. The molecule has 7 nitrogen and oxygen atoms in total. The molecule has 0 N–H and O–H groups in total. The van der Waals surface area contributed by atoms with Crippen molar-refractivity contribution in [3.63, 3.8) is 0 Å². The molecule has 1 aromatic carbocycles. The Bertz CT molecular complexity index is 698. The van der Waals surface area contributed by atoms with Crippen LogP contribution in [0.3, 0.4) is 0 Å². The Hall–Kier alpha value is -1.74. The van der Waals surface area contributed by atoms with Crippen molar-refractivity contribution >= 4 is 15.9 Å². The van der Waals surface area contributed by atoms with Gasteiger partial charge in [0.05, 0.1) is 7.11 Å². The molecule has 1 atom stereocenters. The first-order valence-corrected chi connectivity index (χ1v) is 11.3. The summed E-state index contributed by atoms with van der Waals surface area (Å²) in [6, 6.07) is 7.85. The smallest absolute Gasteiger partial charge is 0.291 e. The molecule has 0 radical (unpaired) electrons. The van der Waals surface area contributed by atoms with Crippen molar-refractivity contribution in [1.29, 1.82) is 0 Å². The third-order valence-corrected chi connectivity index (χ3v) is 5.17. The Balaban J connectivity index is 2.47. The van der Waals surface area contributed by atoms with Crippen molar-refractivity contribution in [3.8, 4) is 5.75 Å². The third-order valence-electron chi connectivity index (χ3n) is 4.20. The summed E-state index contributed by atoms with van der Waals surface area (Å²) in [6.45, 7) is 5.45. The highest BCUT2D eigenvalue weighted by Gasteiger charge is 2.15. The summed E-state index contributed by atoms with van der Waals surface area (Å²) in [7, 11) is -2.68. The maximum atomic E-state index is 11.7. The van der Waals surface area contributed by atoms with Crippen LogP contribution in [0.2, 0.25) is 0 Å². The van der Waals surface area contributed by atoms with Crippen molar-refractivity contribution in [2.45, 2.75) is 51.6 Å². The quantitative estimate of drug-likeness (QED) is 0.162. The van der Waals surface area contributed by atoms with Gasteiger partial charge in [0.25, 0.3) is 10.1 Å². The van der Waals surface area contributed by atoms with Crippen molar-refractivity contribution in [3.05, 3.63) is 42.5 Å². The summed E-state index contributed by atoms with van der Waals surface area (Å²) in [4.78, 5) is 11.7. The van der Waals surface area contributed by atoms with Gasteiger partial charge in [0, 0.05) is 6.42 Å². The van der Waals surface area contributed by atoms with Gasteiger partial charge in [-0.1, -0.05) is 44.9 Å². The standard InChI is InChI=1S/C21H32O7S/c1-4-6-7-8-9-18-10-12-20(13-11-18)27-15-21(14-19(22)5-2)28-16-26-17-29(23,24)25-3/h5,10-13,21H,2,4,6-9,14-17H2,1,3H3. The van der Waals surface area contributed by atoms with Gasteiger partial charge in [-0.3, -0.25) is 8.98 Å². The molecule has 1 rings (SSSR count). The van der Waals surface area contributed by atoms with Gasteiger partial charge in [-0.15, -0.1) is 0 Å². The molecule has 0 saturated heterocycles. The van der Waals surface area contributed by atoms with E-state index in [1.165, 1.54) is 37.3 Å². The first kappa shape index (κ1) is 25.3. The van der Waals surface area contributed by atoms with E-state index in [1.54, 1.807) is 0 Å². The third kappa shape index (κ3) is 11.8. The van der Waals surface area contributed by atoms with Crippen molar-refractivity contribution in [1.82, 2.24) is 0 Å². The summed E-state index contributed by atoms with van der Waals surface area (Å²) in [6.07, 6.45) is 6.59. The molecule has 1 unspecified atom stereocenters. The molecule has 0 spiro atoms. The lowest BCUT2D eigenvalue weighted by atomic mass is 10.1. The molecular weight excluding hydrogens is 396 g/mol. The molecule has 0 aliphatic carbocycles. The summed E-state index contributed by atoms with van der Waals surface area (Å²) in [5.41, 5.74) is 1.26. The van der Waals surface area contributed by atoms with Crippen LogP contribution in [0.5, 0.6) is 5.75 Å². The Morgan fingerprint density at radius 2 is 1.90 bits per heavy atom. The highest BCUT2D eigenvalue weighted by Crippen LogP contribution is 2.16. The number of benzene rings is 1. The van der Waals surface area contributed by atoms with Gasteiger partial charge in [-0.2, -0.15) is 8.42 Å². The topological polar surface area (TPSA) is 88.1 Å². The highest BCUT2D eigenvalue weighted by atomic mass is 32.2. The number of unbranched alkanes of at least 4 members (excludes halogenated alkanes) is 3. The first-order chi connectivity index (χ1) is 13.9. The zero-order valence-electron chi connectivity index (χ0n) is 17.3. The van der Waals surface area contributed by atoms with Gasteiger partial charge in [0.15, 0.2) is 11.7 Å². The zero-order valence-corrected chi connectivity index (χ0v) is 18.1. The normalized spacial score (nSPS) is 12.5. The lowest BCUT2D eigenvalue weighted by Crippen LogP contribution is -2.26. The largest absolute Gasteiger partial charge is 0.491 e. The van der Waals surface area contributed by atoms with Crippen LogP contribution in [0.15, 0.2) is 36.9 Å². The van der Waals surface area contributed by atoms with Crippen LogP contribution in [-0.4, -0.2) is 46.8 Å². The van der Waals surface area contributed by atoms with E-state index in [0.717, 1.165) is 13.5 Å². The Kier molecular flexibility index (Phi) is 12.5. The van der Waals surface area contributed by atoms with E-state index in [4.69, 9.17) is 14.2 Å². The minimum Gasteiger partial charge on any atom is -0.491 e. The fourth-order valence-electron chi connectivity index (χ4n) is 2.50. The van der Waals surface area contributed by atoms with Gasteiger partial charge < -0.3 is 14.2 Å². The summed E-state index contributed by atoms with van der Waals surface area (Å²) in [5.74, 6) is -0.165. The van der Waals surface area contributed by atoms with Crippen LogP contribution in [0.4, 0.5) is 0 Å². The molecule has 0 fully saturated rings. The average Bonchev–Trinajstić information content (AvgIpc) is 2.73. The molecule has 8 heteroatoms. The second-order valence-corrected chi connectivity index (χ2v) is 8.28. The van der Waals surface area contributed by atoms with E-state index in [0.29, 0.717) is 5.75 Å². The summed E-state index contributed by atoms with van der Waals surface area (Å²) >= 11 is 0. The van der Waals surface area contributed by atoms with E-state index in [2.05, 4.69) is 17.7 Å². The van der Waals surface area contributed by atoms with Crippen LogP contribution in [0, 0.1) is 0 Å². The van der Waals surface area contributed by atoms with Gasteiger partial charge in [0.2, 0.25) is 0 Å². The van der Waals surface area contributed by atoms with Crippen LogP contribution < -0.4 is 4.74 Å². The average molecular weight is 429 g/mol. The molecule has 0 aliphatic rings. The number of ketones is 1. The fraction of sp³-hybridized carbons (Fsp3) is 0.571. The number of ether oxygens (including phenoxy) is 3. The SMILES string of the molecule is C=CC(=O)CC(COc1ccc(CCCCCC)cc1)OCOCS(=O)(=O)OC. The number of hydrogen-bond donors (Lipinski definition) is 0. The van der Waals surface area contributed by atoms with E-state index in [-0.39, 0.29) is 25.6 Å². The Labute approximate surface area is 174 Å².